The van der Waals surface area contributed by atoms with Crippen molar-refractivity contribution in [3.05, 3.63) is 68.7 Å². The van der Waals surface area contributed by atoms with Gasteiger partial charge < -0.3 is 10.5 Å². The summed E-state index contributed by atoms with van der Waals surface area (Å²) >= 11 is 5.99. The number of alkyl halides is 3. The molecule has 0 spiro atoms. The Hall–Kier alpha value is -2.32. The lowest BCUT2D eigenvalue weighted by molar-refractivity contribution is -0.384. The number of nitrogens with zero attached hydrogens (tertiary/aromatic N) is 1. The van der Waals surface area contributed by atoms with E-state index < -0.39 is 23.1 Å². The van der Waals surface area contributed by atoms with Crippen LogP contribution in [0.5, 0.6) is 5.75 Å². The average molecular weight is 347 g/mol. The predicted molar refractivity (Wildman–Crippen MR) is 77.3 cm³/mol. The molecule has 5 nitrogen and oxygen atoms in total. The van der Waals surface area contributed by atoms with Gasteiger partial charge in [-0.2, -0.15) is 0 Å². The van der Waals surface area contributed by atoms with Crippen molar-refractivity contribution in [2.24, 2.45) is 5.73 Å². The Morgan fingerprint density at radius 1 is 1.17 bits per heavy atom. The van der Waals surface area contributed by atoms with Crippen molar-refractivity contribution in [2.45, 2.75) is 12.4 Å². The normalized spacial score (nSPS) is 12.7. The number of non-ortho nitro benzene ring substituents is 1. The van der Waals surface area contributed by atoms with E-state index in [-0.39, 0.29) is 10.7 Å². The molecule has 2 rings (SSSR count). The van der Waals surface area contributed by atoms with E-state index in [1.165, 1.54) is 30.3 Å². The lowest BCUT2D eigenvalue weighted by atomic mass is 9.99. The second kappa shape index (κ2) is 6.43. The SMILES string of the molecule is N[C@H](c1ccc(OC(F)(F)F)cc1)c1cc([N+](=O)[O-])ccc1Cl. The molecular weight excluding hydrogens is 337 g/mol. The summed E-state index contributed by atoms with van der Waals surface area (Å²) in [7, 11) is 0. The number of rotatable bonds is 4. The summed E-state index contributed by atoms with van der Waals surface area (Å²) < 4.78 is 40.1. The van der Waals surface area contributed by atoms with E-state index in [2.05, 4.69) is 4.74 Å². The van der Waals surface area contributed by atoms with E-state index in [1.54, 1.807) is 0 Å². The molecule has 0 aliphatic heterocycles. The number of ether oxygens (including phenoxy) is 1. The van der Waals surface area contributed by atoms with Crippen LogP contribution in [0.4, 0.5) is 18.9 Å². The fourth-order valence-electron chi connectivity index (χ4n) is 1.94. The van der Waals surface area contributed by atoms with Gasteiger partial charge in [-0.1, -0.05) is 23.7 Å². The molecule has 0 saturated heterocycles. The maximum absolute atomic E-state index is 12.1. The molecule has 0 heterocycles. The summed E-state index contributed by atoms with van der Waals surface area (Å²) in [4.78, 5) is 10.2. The van der Waals surface area contributed by atoms with Crippen molar-refractivity contribution >= 4 is 17.3 Å². The largest absolute Gasteiger partial charge is 0.573 e. The molecule has 9 heteroatoms. The van der Waals surface area contributed by atoms with Crippen LogP contribution in [0, 0.1) is 10.1 Å². The summed E-state index contributed by atoms with van der Waals surface area (Å²) in [5.41, 5.74) is 6.54. The third-order valence-corrected chi connectivity index (χ3v) is 3.34. The number of nitro benzene ring substituents is 1. The Morgan fingerprint density at radius 2 is 1.78 bits per heavy atom. The van der Waals surface area contributed by atoms with Crippen molar-refractivity contribution in [1.82, 2.24) is 0 Å². The van der Waals surface area contributed by atoms with Crippen LogP contribution in [-0.4, -0.2) is 11.3 Å². The van der Waals surface area contributed by atoms with Gasteiger partial charge in [-0.05, 0) is 29.3 Å². The van der Waals surface area contributed by atoms with E-state index in [1.807, 2.05) is 0 Å². The minimum atomic E-state index is -4.78. The molecule has 0 aliphatic carbocycles. The minimum absolute atomic E-state index is 0.183. The maximum Gasteiger partial charge on any atom is 0.573 e. The predicted octanol–water partition coefficient (Wildman–Crippen LogP) is 4.19. The van der Waals surface area contributed by atoms with E-state index in [0.717, 1.165) is 12.1 Å². The third kappa shape index (κ3) is 4.33. The van der Waals surface area contributed by atoms with Crippen molar-refractivity contribution in [3.63, 3.8) is 0 Å². The highest BCUT2D eigenvalue weighted by Gasteiger charge is 2.31. The van der Waals surface area contributed by atoms with Crippen molar-refractivity contribution < 1.29 is 22.8 Å². The zero-order valence-corrected chi connectivity index (χ0v) is 12.1. The Morgan fingerprint density at radius 3 is 2.30 bits per heavy atom. The van der Waals surface area contributed by atoms with Crippen LogP contribution < -0.4 is 10.5 Å². The molecular formula is C14H10ClF3N2O3. The van der Waals surface area contributed by atoms with Gasteiger partial charge in [0.15, 0.2) is 0 Å². The molecule has 2 aromatic rings. The Kier molecular flexibility index (Phi) is 4.76. The third-order valence-electron chi connectivity index (χ3n) is 3.00. The second-order valence-electron chi connectivity index (χ2n) is 4.56. The topological polar surface area (TPSA) is 78.4 Å². The Bertz CT molecular complexity index is 720. The number of nitrogens with two attached hydrogens (primary N) is 1. The lowest BCUT2D eigenvalue weighted by Crippen LogP contribution is -2.17. The molecule has 0 saturated carbocycles. The highest BCUT2D eigenvalue weighted by Crippen LogP contribution is 2.31. The molecule has 2 aromatic carbocycles. The summed E-state index contributed by atoms with van der Waals surface area (Å²) in [6.07, 6.45) is -4.78. The first-order valence-corrected chi connectivity index (χ1v) is 6.60. The fraction of sp³-hybridized carbons (Fsp3) is 0.143. The van der Waals surface area contributed by atoms with Gasteiger partial charge in [0.25, 0.3) is 5.69 Å². The van der Waals surface area contributed by atoms with Crippen LogP contribution in [0.3, 0.4) is 0 Å². The molecule has 2 N–H and O–H groups in total. The highest BCUT2D eigenvalue weighted by atomic mass is 35.5. The van der Waals surface area contributed by atoms with Gasteiger partial charge in [-0.3, -0.25) is 10.1 Å². The maximum atomic E-state index is 12.1. The first kappa shape index (κ1) is 17.0. The van der Waals surface area contributed by atoms with E-state index >= 15 is 0 Å². The number of halogens is 4. The van der Waals surface area contributed by atoms with Crippen molar-refractivity contribution in [2.75, 3.05) is 0 Å². The fourth-order valence-corrected chi connectivity index (χ4v) is 2.17. The van der Waals surface area contributed by atoms with Crippen molar-refractivity contribution in [3.8, 4) is 5.75 Å². The number of hydrogen-bond acceptors (Lipinski definition) is 4. The number of hydrogen-bond donors (Lipinski definition) is 1. The van der Waals surface area contributed by atoms with Crippen LogP contribution in [0.2, 0.25) is 5.02 Å². The van der Waals surface area contributed by atoms with Gasteiger partial charge in [-0.25, -0.2) is 0 Å². The summed E-state index contributed by atoms with van der Waals surface area (Å²) in [6.45, 7) is 0. The van der Waals surface area contributed by atoms with Gasteiger partial charge in [-0.15, -0.1) is 13.2 Å². The van der Waals surface area contributed by atoms with Gasteiger partial charge in [0, 0.05) is 17.2 Å². The van der Waals surface area contributed by atoms with Crippen molar-refractivity contribution in [1.29, 1.82) is 0 Å². The molecule has 0 radical (unpaired) electrons. The Labute approximate surface area is 133 Å². The molecule has 23 heavy (non-hydrogen) atoms. The Balaban J connectivity index is 2.28. The van der Waals surface area contributed by atoms with E-state index in [0.29, 0.717) is 11.1 Å². The first-order valence-electron chi connectivity index (χ1n) is 6.22. The first-order chi connectivity index (χ1) is 10.7. The molecule has 1 atom stereocenters. The van der Waals surface area contributed by atoms with E-state index in [4.69, 9.17) is 17.3 Å². The summed E-state index contributed by atoms with van der Waals surface area (Å²) in [6, 6.07) is 7.85. The monoisotopic (exact) mass is 346 g/mol. The van der Waals surface area contributed by atoms with Crippen LogP contribution in [-0.2, 0) is 0 Å². The number of nitro groups is 1. The zero-order valence-electron chi connectivity index (χ0n) is 11.4. The van der Waals surface area contributed by atoms with Gasteiger partial charge >= 0.3 is 6.36 Å². The quantitative estimate of drug-likeness (QED) is 0.665. The average Bonchev–Trinajstić information content (AvgIpc) is 2.46. The molecule has 0 bridgehead atoms. The van der Waals surface area contributed by atoms with Crippen LogP contribution >= 0.6 is 11.6 Å². The van der Waals surface area contributed by atoms with Gasteiger partial charge in [0.2, 0.25) is 0 Å². The number of benzene rings is 2. The zero-order chi connectivity index (χ0) is 17.2. The smallest absolute Gasteiger partial charge is 0.406 e. The second-order valence-corrected chi connectivity index (χ2v) is 4.96. The lowest BCUT2D eigenvalue weighted by Gasteiger charge is -2.15. The minimum Gasteiger partial charge on any atom is -0.406 e. The van der Waals surface area contributed by atoms with Crippen LogP contribution in [0.25, 0.3) is 0 Å². The standard InChI is InChI=1S/C14H10ClF3N2O3/c15-12-6-3-9(20(21)22)7-11(12)13(19)8-1-4-10(5-2-8)23-14(16,17)18/h1-7,13H,19H2/t13-/m1/s1. The van der Waals surface area contributed by atoms with Gasteiger partial charge in [0.05, 0.1) is 11.0 Å². The van der Waals surface area contributed by atoms with Gasteiger partial charge in [0.1, 0.15) is 5.75 Å². The van der Waals surface area contributed by atoms with Crippen LogP contribution in [0.15, 0.2) is 42.5 Å². The molecule has 0 fully saturated rings. The molecule has 0 unspecified atom stereocenters. The summed E-state index contributed by atoms with van der Waals surface area (Å²) in [5, 5.41) is 11.0. The molecule has 0 amide bonds. The summed E-state index contributed by atoms with van der Waals surface area (Å²) in [5.74, 6) is -0.390. The van der Waals surface area contributed by atoms with Crippen LogP contribution in [0.1, 0.15) is 17.2 Å². The molecule has 0 aliphatic rings. The van der Waals surface area contributed by atoms with E-state index in [9.17, 15) is 23.3 Å². The highest BCUT2D eigenvalue weighted by molar-refractivity contribution is 6.31. The molecule has 122 valence electrons. The molecule has 0 aromatic heterocycles.